The number of hydrogen-bond acceptors (Lipinski definition) is 6. The number of fused-ring (bicyclic) bond motifs is 1. The van der Waals surface area contributed by atoms with E-state index in [0.29, 0.717) is 29.7 Å². The smallest absolute Gasteiger partial charge is 0.294 e. The maximum Gasteiger partial charge on any atom is 0.294 e. The molecule has 0 aliphatic carbocycles. The second-order valence-corrected chi connectivity index (χ2v) is 9.22. The minimum Gasteiger partial charge on any atom is -0.504 e. The Labute approximate surface area is 198 Å². The van der Waals surface area contributed by atoms with E-state index < -0.39 is 11.1 Å². The number of halogens is 1. The molecule has 0 radical (unpaired) electrons. The summed E-state index contributed by atoms with van der Waals surface area (Å²) < 4.78 is 5.94. The monoisotopic (exact) mass is 516 g/mol. The summed E-state index contributed by atoms with van der Waals surface area (Å²) in [5.74, 6) is -0.518. The fraction of sp³-hybridized carbons (Fsp3) is 0.261. The quantitative estimate of drug-likeness (QED) is 0.600. The van der Waals surface area contributed by atoms with Crippen LogP contribution in [0, 0.1) is 0 Å². The molecule has 3 amide bonds. The largest absolute Gasteiger partial charge is 0.504 e. The third-order valence-electron chi connectivity index (χ3n) is 5.32. The lowest BCUT2D eigenvalue weighted by Gasteiger charge is -2.29. The molecule has 0 spiro atoms. The molecule has 1 N–H and O–H groups in total. The Kier molecular flexibility index (Phi) is 6.57. The summed E-state index contributed by atoms with van der Waals surface area (Å²) in [5.41, 5.74) is 2.88. The van der Waals surface area contributed by atoms with Gasteiger partial charge in [-0.3, -0.25) is 19.3 Å². The number of phenols is 1. The number of carbonyl (C=O) groups excluding carboxylic acids is 3. The van der Waals surface area contributed by atoms with E-state index in [2.05, 4.69) is 22.0 Å². The zero-order chi connectivity index (χ0) is 22.8. The average Bonchev–Trinajstić information content (AvgIpc) is 3.04. The fourth-order valence-corrected chi connectivity index (χ4v) is 4.94. The number of carbonyl (C=O) groups is 3. The minimum atomic E-state index is -0.510. The van der Waals surface area contributed by atoms with Gasteiger partial charge < -0.3 is 14.7 Å². The van der Waals surface area contributed by atoms with E-state index in [1.807, 2.05) is 18.2 Å². The molecule has 166 valence electrons. The van der Waals surface area contributed by atoms with Crippen LogP contribution in [0.25, 0.3) is 6.08 Å². The van der Waals surface area contributed by atoms with Crippen LogP contribution < -0.4 is 4.74 Å². The maximum absolute atomic E-state index is 12.9. The van der Waals surface area contributed by atoms with Gasteiger partial charge in [0, 0.05) is 17.6 Å². The van der Waals surface area contributed by atoms with Crippen molar-refractivity contribution in [1.82, 2.24) is 9.80 Å². The fourth-order valence-electron chi connectivity index (χ4n) is 3.66. The molecule has 9 heteroatoms. The molecule has 7 nitrogen and oxygen atoms in total. The number of aromatic hydroxyl groups is 1. The maximum atomic E-state index is 12.9. The van der Waals surface area contributed by atoms with Crippen molar-refractivity contribution in [2.24, 2.45) is 0 Å². The molecule has 0 saturated carbocycles. The van der Waals surface area contributed by atoms with Crippen molar-refractivity contribution in [3.05, 3.63) is 62.5 Å². The van der Waals surface area contributed by atoms with Crippen LogP contribution in [0.3, 0.4) is 0 Å². The van der Waals surface area contributed by atoms with Gasteiger partial charge in [-0.2, -0.15) is 0 Å². The number of ether oxygens (including phenoxy) is 1. The third kappa shape index (κ3) is 4.54. The van der Waals surface area contributed by atoms with Crippen LogP contribution in [0.1, 0.15) is 23.6 Å². The topological polar surface area (TPSA) is 87.2 Å². The van der Waals surface area contributed by atoms with E-state index in [1.54, 1.807) is 24.0 Å². The minimum absolute atomic E-state index is 0.0299. The molecule has 1 saturated heterocycles. The van der Waals surface area contributed by atoms with Crippen molar-refractivity contribution in [2.75, 3.05) is 19.7 Å². The molecule has 0 unspecified atom stereocenters. The van der Waals surface area contributed by atoms with E-state index in [-0.39, 0.29) is 28.9 Å². The average molecular weight is 517 g/mol. The number of imide groups is 1. The van der Waals surface area contributed by atoms with Crippen LogP contribution in [0.15, 0.2) is 45.8 Å². The van der Waals surface area contributed by atoms with Crippen LogP contribution in [0.4, 0.5) is 4.79 Å². The Morgan fingerprint density at radius 2 is 2.00 bits per heavy atom. The molecule has 4 rings (SSSR count). The second-order valence-electron chi connectivity index (χ2n) is 7.38. The normalized spacial score (nSPS) is 17.1. The first-order chi connectivity index (χ1) is 15.4. The Morgan fingerprint density at radius 3 is 2.75 bits per heavy atom. The summed E-state index contributed by atoms with van der Waals surface area (Å²) in [6.45, 7) is 2.91. The van der Waals surface area contributed by atoms with Gasteiger partial charge >= 0.3 is 0 Å². The van der Waals surface area contributed by atoms with Crippen LogP contribution in [0.2, 0.25) is 0 Å². The first kappa shape index (κ1) is 22.4. The lowest BCUT2D eigenvalue weighted by molar-refractivity contribution is -0.136. The number of rotatable bonds is 5. The van der Waals surface area contributed by atoms with Crippen molar-refractivity contribution < 1.29 is 24.2 Å². The van der Waals surface area contributed by atoms with E-state index >= 15 is 0 Å². The summed E-state index contributed by atoms with van der Waals surface area (Å²) >= 11 is 4.15. The predicted octanol–water partition coefficient (Wildman–Crippen LogP) is 4.17. The Balaban J connectivity index is 1.49. The second kappa shape index (κ2) is 9.38. The highest BCUT2D eigenvalue weighted by Gasteiger charge is 2.37. The summed E-state index contributed by atoms with van der Waals surface area (Å²) in [6.07, 6.45) is 2.30. The lowest BCUT2D eigenvalue weighted by Crippen LogP contribution is -2.44. The number of nitrogens with zero attached hydrogens (tertiary/aromatic N) is 2. The van der Waals surface area contributed by atoms with Crippen molar-refractivity contribution in [1.29, 1.82) is 0 Å². The number of benzene rings is 2. The van der Waals surface area contributed by atoms with E-state index in [1.165, 1.54) is 11.6 Å². The number of phenolic OH excluding ortho intramolecular Hbond substituents is 1. The first-order valence-corrected chi connectivity index (χ1v) is 11.7. The van der Waals surface area contributed by atoms with Gasteiger partial charge in [0.05, 0.1) is 11.5 Å². The van der Waals surface area contributed by atoms with Crippen LogP contribution >= 0.6 is 27.7 Å². The summed E-state index contributed by atoms with van der Waals surface area (Å²) in [5, 5.41) is 9.50. The summed E-state index contributed by atoms with van der Waals surface area (Å²) in [6, 6.07) is 11.0. The van der Waals surface area contributed by atoms with Crippen molar-refractivity contribution in [3.8, 4) is 11.5 Å². The molecule has 2 aliphatic heterocycles. The molecule has 2 aromatic carbocycles. The van der Waals surface area contributed by atoms with Gasteiger partial charge in [-0.15, -0.1) is 0 Å². The van der Waals surface area contributed by atoms with Gasteiger partial charge in [-0.1, -0.05) is 40.2 Å². The van der Waals surface area contributed by atoms with Crippen LogP contribution in [-0.2, 0) is 22.6 Å². The van der Waals surface area contributed by atoms with Gasteiger partial charge in [-0.05, 0) is 60.0 Å². The lowest BCUT2D eigenvalue weighted by atomic mass is 10.00. The highest BCUT2D eigenvalue weighted by Crippen LogP contribution is 2.37. The molecular weight excluding hydrogens is 496 g/mol. The zero-order valence-corrected chi connectivity index (χ0v) is 19.7. The van der Waals surface area contributed by atoms with Crippen molar-refractivity contribution in [2.45, 2.75) is 19.9 Å². The molecule has 2 aliphatic rings. The molecule has 1 fully saturated rings. The Hall–Kier alpha value is -2.78. The molecule has 0 atom stereocenters. The van der Waals surface area contributed by atoms with Gasteiger partial charge in [0.1, 0.15) is 6.54 Å². The molecule has 0 bridgehead atoms. The first-order valence-electron chi connectivity index (χ1n) is 10.1. The zero-order valence-electron chi connectivity index (χ0n) is 17.3. The number of thioether (sulfide) groups is 1. The van der Waals surface area contributed by atoms with Crippen LogP contribution in [0.5, 0.6) is 11.5 Å². The Morgan fingerprint density at radius 1 is 1.25 bits per heavy atom. The van der Waals surface area contributed by atoms with Crippen molar-refractivity contribution >= 4 is 50.8 Å². The molecular formula is C23H21BrN2O5S. The van der Waals surface area contributed by atoms with Gasteiger partial charge in [0.15, 0.2) is 11.5 Å². The van der Waals surface area contributed by atoms with Gasteiger partial charge in [-0.25, -0.2) is 0 Å². The van der Waals surface area contributed by atoms with Gasteiger partial charge in [0.2, 0.25) is 5.91 Å². The highest BCUT2D eigenvalue weighted by molar-refractivity contribution is 9.10. The number of hydrogen-bond donors (Lipinski definition) is 1. The van der Waals surface area contributed by atoms with Crippen molar-refractivity contribution in [3.63, 3.8) is 0 Å². The molecule has 32 heavy (non-hydrogen) atoms. The Bertz CT molecular complexity index is 1130. The molecule has 2 aromatic rings. The summed E-state index contributed by atoms with van der Waals surface area (Å²) in [7, 11) is 0. The standard InChI is InChI=1S/C23H21BrN2O5S/c1-2-31-19-9-16(17(24)11-18(19)27)10-20-22(29)26(23(30)32-20)13-21(28)25-8-7-14-5-3-4-6-15(14)12-25/h3-6,9-11,27H,2,7-8,12-13H2,1H3/b20-10-. The number of amides is 3. The SMILES string of the molecule is CCOc1cc(/C=C2\SC(=O)N(CC(=O)N3CCc4ccccc4C3)C2=O)c(Br)cc1O. The van der Waals surface area contributed by atoms with E-state index in [9.17, 15) is 19.5 Å². The van der Waals surface area contributed by atoms with Gasteiger partial charge in [0.25, 0.3) is 11.1 Å². The predicted molar refractivity (Wildman–Crippen MR) is 125 cm³/mol. The highest BCUT2D eigenvalue weighted by atomic mass is 79.9. The summed E-state index contributed by atoms with van der Waals surface area (Å²) in [4.78, 5) is 41.1. The molecule has 0 aromatic heterocycles. The van der Waals surface area contributed by atoms with E-state index in [0.717, 1.165) is 28.6 Å². The third-order valence-corrected chi connectivity index (χ3v) is 6.91. The molecule has 2 heterocycles. The van der Waals surface area contributed by atoms with E-state index in [4.69, 9.17) is 4.74 Å². The van der Waals surface area contributed by atoms with Crippen LogP contribution in [-0.4, -0.2) is 51.7 Å².